The minimum Gasteiger partial charge on any atom is -0.455 e. The van der Waals surface area contributed by atoms with Crippen LogP contribution >= 0.6 is 0 Å². The van der Waals surface area contributed by atoms with Gasteiger partial charge in [-0.25, -0.2) is 17.2 Å². The molecule has 2 aliphatic rings. The second kappa shape index (κ2) is 10.0. The second-order valence-corrected chi connectivity index (χ2v) is 11.9. The number of rotatable bonds is 8. The van der Waals surface area contributed by atoms with Crippen LogP contribution in [-0.2, 0) is 27.7 Å². The van der Waals surface area contributed by atoms with E-state index in [2.05, 4.69) is 10.0 Å². The van der Waals surface area contributed by atoms with Crippen molar-refractivity contribution in [1.29, 1.82) is 0 Å². The molecule has 0 radical (unpaired) electrons. The molecule has 2 heterocycles. The van der Waals surface area contributed by atoms with Crippen LogP contribution in [0.2, 0.25) is 0 Å². The molecule has 0 saturated heterocycles. The third-order valence-electron chi connectivity index (χ3n) is 7.31. The van der Waals surface area contributed by atoms with Crippen LogP contribution < -0.4 is 15.5 Å². The van der Waals surface area contributed by atoms with E-state index in [1.807, 2.05) is 0 Å². The van der Waals surface area contributed by atoms with Gasteiger partial charge < -0.3 is 19.4 Å². The molecule has 206 valence electrons. The number of aryl methyl sites for hydroxylation is 1. The largest absolute Gasteiger partial charge is 0.491 e. The van der Waals surface area contributed by atoms with Gasteiger partial charge in [-0.1, -0.05) is 6.07 Å². The fourth-order valence-electron chi connectivity index (χ4n) is 5.09. The van der Waals surface area contributed by atoms with E-state index in [0.29, 0.717) is 33.2 Å². The van der Waals surface area contributed by atoms with Gasteiger partial charge in [0.05, 0.1) is 23.6 Å². The smallest absolute Gasteiger partial charge is 0.455 e. The maximum atomic E-state index is 14.6. The Morgan fingerprint density at radius 3 is 2.58 bits per heavy atom. The van der Waals surface area contributed by atoms with E-state index in [4.69, 9.17) is 9.07 Å². The van der Waals surface area contributed by atoms with E-state index in [0.717, 1.165) is 18.4 Å². The predicted octanol–water partition coefficient (Wildman–Crippen LogP) is 3.82. The van der Waals surface area contributed by atoms with Crippen LogP contribution in [0.25, 0.3) is 22.3 Å². The van der Waals surface area contributed by atoms with Gasteiger partial charge in [-0.3, -0.25) is 9.52 Å². The number of benzene rings is 3. The Morgan fingerprint density at radius 1 is 1.12 bits per heavy atom. The first kappa shape index (κ1) is 26.5. The van der Waals surface area contributed by atoms with Crippen LogP contribution in [0.4, 0.5) is 14.5 Å². The molecule has 4 aromatic rings. The summed E-state index contributed by atoms with van der Waals surface area (Å²) in [7, 11) is -3.60. The molecule has 0 bridgehead atoms. The van der Waals surface area contributed by atoms with Crippen LogP contribution in [0.3, 0.4) is 0 Å². The van der Waals surface area contributed by atoms with E-state index in [1.165, 1.54) is 43.4 Å². The number of anilines is 1. The minimum atomic E-state index is -3.91. The van der Waals surface area contributed by atoms with Crippen molar-refractivity contribution in [3.8, 4) is 11.3 Å². The summed E-state index contributed by atoms with van der Waals surface area (Å²) >= 11 is 0. The lowest BCUT2D eigenvalue weighted by Gasteiger charge is -2.13. The van der Waals surface area contributed by atoms with Gasteiger partial charge in [0.1, 0.15) is 23.0 Å². The van der Waals surface area contributed by atoms with Gasteiger partial charge in [-0.15, -0.1) is 0 Å². The van der Waals surface area contributed by atoms with Crippen LogP contribution in [0, 0.1) is 11.6 Å². The molecule has 1 amide bonds. The van der Waals surface area contributed by atoms with Crippen molar-refractivity contribution in [3.63, 3.8) is 0 Å². The van der Waals surface area contributed by atoms with E-state index >= 15 is 0 Å². The van der Waals surface area contributed by atoms with Crippen LogP contribution in [0.15, 0.2) is 52.9 Å². The molecule has 1 aliphatic heterocycles. The predicted molar refractivity (Wildman–Crippen MR) is 147 cm³/mol. The number of amides is 1. The fourth-order valence-corrected chi connectivity index (χ4v) is 6.19. The lowest BCUT2D eigenvalue weighted by atomic mass is 9.79. The van der Waals surface area contributed by atoms with E-state index in [-0.39, 0.29) is 47.5 Å². The summed E-state index contributed by atoms with van der Waals surface area (Å²) in [6.45, 7) is 0.126. The van der Waals surface area contributed by atoms with Crippen molar-refractivity contribution in [2.75, 3.05) is 17.5 Å². The molecular weight excluding hydrogens is 541 g/mol. The highest BCUT2D eigenvalue weighted by Crippen LogP contribution is 2.47. The summed E-state index contributed by atoms with van der Waals surface area (Å²) in [5.41, 5.74) is 3.33. The first-order valence-electron chi connectivity index (χ1n) is 12.8. The maximum Gasteiger partial charge on any atom is 0.491 e. The Balaban J connectivity index is 1.33. The maximum absolute atomic E-state index is 14.6. The number of nitrogens with one attached hydrogen (secondary N) is 2. The second-order valence-electron chi connectivity index (χ2n) is 10.1. The monoisotopic (exact) mass is 566 g/mol. The number of carbonyl (C=O) groups excluding carboxylic acids is 1. The van der Waals surface area contributed by atoms with Crippen molar-refractivity contribution in [3.05, 3.63) is 82.4 Å². The molecule has 3 N–H and O–H groups in total. The molecule has 8 nitrogen and oxygen atoms in total. The SMILES string of the molecule is CNC(=O)c1c(-c2ccc(F)cc2)oc2cc(NS(=O)(=O)CCc3cc4c(cc3F)B(O)OC4)c(C3CC3)cc12. The van der Waals surface area contributed by atoms with Gasteiger partial charge in [0, 0.05) is 24.1 Å². The summed E-state index contributed by atoms with van der Waals surface area (Å²) in [4.78, 5) is 12.9. The third-order valence-corrected chi connectivity index (χ3v) is 8.59. The quantitative estimate of drug-likeness (QED) is 0.279. The summed E-state index contributed by atoms with van der Waals surface area (Å²) in [5.74, 6) is -1.44. The zero-order valence-corrected chi connectivity index (χ0v) is 22.3. The Hall–Kier alpha value is -3.74. The van der Waals surface area contributed by atoms with Gasteiger partial charge in [0.25, 0.3) is 5.91 Å². The van der Waals surface area contributed by atoms with Gasteiger partial charge in [0.15, 0.2) is 0 Å². The number of furan rings is 1. The molecule has 3 aromatic carbocycles. The number of hydrogen-bond donors (Lipinski definition) is 3. The van der Waals surface area contributed by atoms with Crippen molar-refractivity contribution in [2.24, 2.45) is 0 Å². The molecule has 1 aliphatic carbocycles. The average Bonchev–Trinajstić information content (AvgIpc) is 3.62. The lowest BCUT2D eigenvalue weighted by Crippen LogP contribution is -2.28. The number of carbonyl (C=O) groups is 1. The molecule has 12 heteroatoms. The highest BCUT2D eigenvalue weighted by atomic mass is 32.2. The molecule has 6 rings (SSSR count). The van der Waals surface area contributed by atoms with Crippen LogP contribution in [0.5, 0.6) is 0 Å². The molecule has 1 aromatic heterocycles. The van der Waals surface area contributed by atoms with Gasteiger partial charge in [0.2, 0.25) is 10.0 Å². The Labute approximate surface area is 229 Å². The van der Waals surface area contributed by atoms with E-state index in [1.54, 1.807) is 12.1 Å². The minimum absolute atomic E-state index is 0.0815. The van der Waals surface area contributed by atoms with Gasteiger partial charge in [-0.05, 0) is 83.7 Å². The normalized spacial score (nSPS) is 14.9. The highest BCUT2D eigenvalue weighted by Gasteiger charge is 2.32. The summed E-state index contributed by atoms with van der Waals surface area (Å²) < 4.78 is 68.3. The van der Waals surface area contributed by atoms with Gasteiger partial charge >= 0.3 is 7.12 Å². The number of sulfonamides is 1. The zero-order chi connectivity index (χ0) is 28.2. The van der Waals surface area contributed by atoms with E-state index < -0.39 is 28.8 Å². The summed E-state index contributed by atoms with van der Waals surface area (Å²) in [6.07, 6.45) is 1.65. The molecule has 1 saturated carbocycles. The lowest BCUT2D eigenvalue weighted by molar-refractivity contribution is 0.0964. The number of halogens is 2. The molecule has 40 heavy (non-hydrogen) atoms. The molecule has 0 atom stereocenters. The van der Waals surface area contributed by atoms with Crippen molar-refractivity contribution in [1.82, 2.24) is 5.32 Å². The topological polar surface area (TPSA) is 118 Å². The highest BCUT2D eigenvalue weighted by molar-refractivity contribution is 7.92. The average molecular weight is 566 g/mol. The van der Waals surface area contributed by atoms with Crippen LogP contribution in [0.1, 0.15) is 45.8 Å². The molecule has 0 spiro atoms. The first-order chi connectivity index (χ1) is 19.1. The summed E-state index contributed by atoms with van der Waals surface area (Å²) in [5, 5.41) is 12.9. The van der Waals surface area contributed by atoms with Crippen LogP contribution in [-0.4, -0.2) is 39.3 Å². The number of hydrogen-bond acceptors (Lipinski definition) is 6. The molecule has 0 unspecified atom stereocenters. The van der Waals surface area contributed by atoms with Crippen molar-refractivity contribution < 1.29 is 36.1 Å². The molecule has 1 fully saturated rings. The zero-order valence-electron chi connectivity index (χ0n) is 21.5. The molecular formula is C28H25BF2N2O6S. The Bertz CT molecular complexity index is 1750. The fraction of sp³-hybridized carbons (Fsp3) is 0.250. The Morgan fingerprint density at radius 2 is 1.88 bits per heavy atom. The third kappa shape index (κ3) is 4.98. The van der Waals surface area contributed by atoms with E-state index in [9.17, 15) is 27.0 Å². The first-order valence-corrected chi connectivity index (χ1v) is 14.5. The van der Waals surface area contributed by atoms with Gasteiger partial charge in [-0.2, -0.15) is 0 Å². The number of fused-ring (bicyclic) bond motifs is 2. The Kier molecular flexibility index (Phi) is 6.64. The van der Waals surface area contributed by atoms with Crippen molar-refractivity contribution in [2.45, 2.75) is 31.8 Å². The summed E-state index contributed by atoms with van der Waals surface area (Å²) in [6, 6.07) is 11.6. The standard InChI is InChI=1S/C28H25BF2N2O6S/c1-32-28(34)26-21-11-20(15-2-3-15)24(13-25(21)39-27(26)16-4-6-19(30)7-5-16)33-40(36,37)9-8-17-10-18-14-38-29(35)22(18)12-23(17)31/h4-7,10-13,15,33,35H,2-3,8-9,14H2,1H3,(H,32,34). The van der Waals surface area contributed by atoms with Crippen molar-refractivity contribution >= 4 is 45.2 Å².